The Labute approximate surface area is 142 Å². The highest BCUT2D eigenvalue weighted by atomic mass is 16.5. The van der Waals surface area contributed by atoms with Gasteiger partial charge in [0.05, 0.1) is 30.9 Å². The highest BCUT2D eigenvalue weighted by Gasteiger charge is 2.31. The molecule has 1 aliphatic heterocycles. The number of hydrogen-bond donors (Lipinski definition) is 1. The van der Waals surface area contributed by atoms with Gasteiger partial charge in [0.1, 0.15) is 0 Å². The van der Waals surface area contributed by atoms with Gasteiger partial charge in [-0.2, -0.15) is 0 Å². The Morgan fingerprint density at radius 1 is 1.38 bits per heavy atom. The number of aliphatic hydroxyl groups excluding tert-OH is 1. The number of carbonyl (C=O) groups is 1. The van der Waals surface area contributed by atoms with Crippen molar-refractivity contribution >= 4 is 16.8 Å². The van der Waals surface area contributed by atoms with E-state index in [0.29, 0.717) is 19.1 Å². The Balaban J connectivity index is 1.97. The number of hydrogen-bond acceptors (Lipinski definition) is 3. The quantitative estimate of drug-likeness (QED) is 0.937. The van der Waals surface area contributed by atoms with Crippen molar-refractivity contribution in [2.45, 2.75) is 39.5 Å². The summed E-state index contributed by atoms with van der Waals surface area (Å²) in [6, 6.07) is 8.06. The van der Waals surface area contributed by atoms with E-state index in [0.717, 1.165) is 23.0 Å². The monoisotopic (exact) mass is 330 g/mol. The smallest absolute Gasteiger partial charge is 0.256 e. The second kappa shape index (κ2) is 6.95. The summed E-state index contributed by atoms with van der Waals surface area (Å²) in [5, 5.41) is 10.3. The van der Waals surface area contributed by atoms with E-state index in [2.05, 4.69) is 24.5 Å². The van der Waals surface area contributed by atoms with Gasteiger partial charge in [-0.25, -0.2) is 0 Å². The van der Waals surface area contributed by atoms with Crippen LogP contribution in [0.4, 0.5) is 0 Å². The van der Waals surface area contributed by atoms with Gasteiger partial charge in [-0.1, -0.05) is 32.0 Å². The Hall–Kier alpha value is -1.85. The van der Waals surface area contributed by atoms with Crippen molar-refractivity contribution < 1.29 is 14.6 Å². The first-order valence-electron chi connectivity index (χ1n) is 8.62. The van der Waals surface area contributed by atoms with Crippen LogP contribution < -0.4 is 0 Å². The molecule has 3 rings (SSSR count). The van der Waals surface area contributed by atoms with Gasteiger partial charge in [0.15, 0.2) is 0 Å². The van der Waals surface area contributed by atoms with Crippen molar-refractivity contribution in [2.75, 3.05) is 19.8 Å². The third-order valence-electron chi connectivity index (χ3n) is 4.55. The summed E-state index contributed by atoms with van der Waals surface area (Å²) < 4.78 is 7.72. The maximum atomic E-state index is 13.2. The molecular weight excluding hydrogens is 304 g/mol. The zero-order valence-electron chi connectivity index (χ0n) is 14.6. The first-order chi connectivity index (χ1) is 11.5. The van der Waals surface area contributed by atoms with Crippen LogP contribution in [0.2, 0.25) is 0 Å². The van der Waals surface area contributed by atoms with Crippen LogP contribution in [0.15, 0.2) is 30.5 Å². The van der Waals surface area contributed by atoms with Crippen molar-refractivity contribution in [3.8, 4) is 0 Å². The van der Waals surface area contributed by atoms with E-state index < -0.39 is 0 Å². The molecule has 1 saturated heterocycles. The summed E-state index contributed by atoms with van der Waals surface area (Å²) in [6.45, 7) is 8.04. The minimum Gasteiger partial charge on any atom is -0.394 e. The fraction of sp³-hybridized carbons (Fsp3) is 0.526. The lowest BCUT2D eigenvalue weighted by molar-refractivity contribution is -0.0667. The number of rotatable bonds is 4. The van der Waals surface area contributed by atoms with E-state index in [4.69, 9.17) is 4.74 Å². The maximum absolute atomic E-state index is 13.2. The fourth-order valence-corrected chi connectivity index (χ4v) is 3.33. The molecule has 2 unspecified atom stereocenters. The number of aliphatic hydroxyl groups is 1. The summed E-state index contributed by atoms with van der Waals surface area (Å²) >= 11 is 0. The number of amides is 1. The van der Waals surface area contributed by atoms with Crippen LogP contribution in [0.1, 0.15) is 31.1 Å². The van der Waals surface area contributed by atoms with Crippen molar-refractivity contribution in [3.05, 3.63) is 36.0 Å². The maximum Gasteiger partial charge on any atom is 0.256 e. The minimum atomic E-state index is -0.297. The molecule has 0 saturated carbocycles. The summed E-state index contributed by atoms with van der Waals surface area (Å²) in [5.41, 5.74) is 1.82. The second-order valence-corrected chi connectivity index (χ2v) is 7.05. The zero-order chi connectivity index (χ0) is 17.3. The van der Waals surface area contributed by atoms with Gasteiger partial charge in [-0.15, -0.1) is 0 Å². The summed E-state index contributed by atoms with van der Waals surface area (Å²) in [4.78, 5) is 15.0. The third-order valence-corrected chi connectivity index (χ3v) is 4.55. The zero-order valence-corrected chi connectivity index (χ0v) is 14.6. The molecule has 0 radical (unpaired) electrons. The van der Waals surface area contributed by atoms with Crippen LogP contribution in [-0.2, 0) is 11.3 Å². The van der Waals surface area contributed by atoms with E-state index in [1.165, 1.54) is 0 Å². The van der Waals surface area contributed by atoms with Crippen LogP contribution in [0, 0.1) is 5.92 Å². The number of morpholine rings is 1. The predicted molar refractivity (Wildman–Crippen MR) is 94.1 cm³/mol. The average Bonchev–Trinajstić information content (AvgIpc) is 2.93. The van der Waals surface area contributed by atoms with Gasteiger partial charge in [-0.05, 0) is 18.9 Å². The molecule has 1 amide bonds. The lowest BCUT2D eigenvalue weighted by Gasteiger charge is -2.37. The van der Waals surface area contributed by atoms with Crippen LogP contribution in [0.3, 0.4) is 0 Å². The van der Waals surface area contributed by atoms with E-state index >= 15 is 0 Å². The number of ether oxygens (including phenoxy) is 1. The Morgan fingerprint density at radius 3 is 2.83 bits per heavy atom. The van der Waals surface area contributed by atoms with Crippen LogP contribution in [0.5, 0.6) is 0 Å². The minimum absolute atomic E-state index is 0.00695. The molecule has 0 aliphatic carbocycles. The molecule has 24 heavy (non-hydrogen) atoms. The number of nitrogens with zero attached hydrogens (tertiary/aromatic N) is 2. The van der Waals surface area contributed by atoms with Gasteiger partial charge in [0.2, 0.25) is 0 Å². The normalized spacial score (nSPS) is 21.6. The molecule has 2 aromatic rings. The summed E-state index contributed by atoms with van der Waals surface area (Å²) in [5.74, 6) is 0.521. The molecule has 1 aliphatic rings. The molecule has 1 aromatic carbocycles. The molecule has 0 spiro atoms. The molecule has 1 N–H and O–H groups in total. The van der Waals surface area contributed by atoms with E-state index in [9.17, 15) is 9.90 Å². The van der Waals surface area contributed by atoms with Crippen LogP contribution in [0.25, 0.3) is 10.9 Å². The number of fused-ring (bicyclic) bond motifs is 1. The number of carbonyl (C=O) groups excluding carboxylic acids is 1. The SMILES string of the molecule is CC(C)Cn1cc(C(=O)N2CC(CO)OCC2C)c2ccccc21. The van der Waals surface area contributed by atoms with Crippen molar-refractivity contribution in [2.24, 2.45) is 5.92 Å². The number of benzene rings is 1. The van der Waals surface area contributed by atoms with E-state index in [1.807, 2.05) is 36.2 Å². The molecule has 2 atom stereocenters. The first kappa shape index (κ1) is 17.0. The van der Waals surface area contributed by atoms with Crippen molar-refractivity contribution in [3.63, 3.8) is 0 Å². The van der Waals surface area contributed by atoms with Gasteiger partial charge < -0.3 is 19.3 Å². The Kier molecular flexibility index (Phi) is 4.92. The molecule has 2 heterocycles. The molecule has 130 valence electrons. The standard InChI is InChI=1S/C19H26N2O3/c1-13(2)8-20-10-17(16-6-4-5-7-18(16)20)19(23)21-9-15(11-22)24-12-14(21)3/h4-7,10,13-15,22H,8-9,11-12H2,1-3H3. The summed E-state index contributed by atoms with van der Waals surface area (Å²) in [7, 11) is 0. The van der Waals surface area contributed by atoms with E-state index in [-0.39, 0.29) is 24.7 Å². The molecule has 5 nitrogen and oxygen atoms in total. The van der Waals surface area contributed by atoms with Gasteiger partial charge in [0.25, 0.3) is 5.91 Å². The topological polar surface area (TPSA) is 54.7 Å². The van der Waals surface area contributed by atoms with Gasteiger partial charge in [-0.3, -0.25) is 4.79 Å². The molecule has 1 aromatic heterocycles. The molecule has 0 bridgehead atoms. The predicted octanol–water partition coefficient (Wildman–Crippen LogP) is 2.52. The molecule has 5 heteroatoms. The van der Waals surface area contributed by atoms with Gasteiger partial charge in [0, 0.05) is 30.2 Å². The summed E-state index contributed by atoms with van der Waals surface area (Å²) in [6.07, 6.45) is 1.68. The van der Waals surface area contributed by atoms with Crippen LogP contribution >= 0.6 is 0 Å². The largest absolute Gasteiger partial charge is 0.394 e. The lowest BCUT2D eigenvalue weighted by Crippen LogP contribution is -2.52. The second-order valence-electron chi connectivity index (χ2n) is 7.05. The highest BCUT2D eigenvalue weighted by Crippen LogP contribution is 2.25. The highest BCUT2D eigenvalue weighted by molar-refractivity contribution is 6.07. The Bertz CT molecular complexity index is 722. The van der Waals surface area contributed by atoms with Crippen molar-refractivity contribution in [1.82, 2.24) is 9.47 Å². The third kappa shape index (κ3) is 3.19. The fourth-order valence-electron chi connectivity index (χ4n) is 3.33. The van der Waals surface area contributed by atoms with Gasteiger partial charge >= 0.3 is 0 Å². The van der Waals surface area contributed by atoms with Crippen molar-refractivity contribution in [1.29, 1.82) is 0 Å². The van der Waals surface area contributed by atoms with E-state index in [1.54, 1.807) is 0 Å². The first-order valence-corrected chi connectivity index (χ1v) is 8.62. The number of aromatic nitrogens is 1. The lowest BCUT2D eigenvalue weighted by atomic mass is 10.1. The molecule has 1 fully saturated rings. The number of para-hydroxylation sites is 1. The average molecular weight is 330 g/mol. The molecular formula is C19H26N2O3. The Morgan fingerprint density at radius 2 is 2.12 bits per heavy atom. The van der Waals surface area contributed by atoms with Crippen LogP contribution in [-0.4, -0.2) is 52.4 Å².